The number of aliphatic hydroxyl groups excluding tert-OH is 4. The lowest BCUT2D eigenvalue weighted by Crippen LogP contribution is -2.59. The van der Waals surface area contributed by atoms with E-state index in [1.54, 1.807) is 31.2 Å². The highest BCUT2D eigenvalue weighted by Crippen LogP contribution is 2.45. The summed E-state index contributed by atoms with van der Waals surface area (Å²) in [5.41, 5.74) is 0. The second-order valence-corrected chi connectivity index (χ2v) is 7.45. The van der Waals surface area contributed by atoms with Crippen molar-refractivity contribution in [1.82, 2.24) is 0 Å². The fraction of sp³-hybridized carbons (Fsp3) is 0.588. The molecule has 6 atom stereocenters. The van der Waals surface area contributed by atoms with Crippen LogP contribution in [0.15, 0.2) is 35.2 Å². The van der Waals surface area contributed by atoms with Crippen molar-refractivity contribution in [3.8, 4) is 0 Å². The summed E-state index contributed by atoms with van der Waals surface area (Å²) in [7, 11) is 1.22. The van der Waals surface area contributed by atoms with Crippen molar-refractivity contribution < 1.29 is 34.7 Å². The number of methoxy groups -OCH3 is 1. The van der Waals surface area contributed by atoms with Gasteiger partial charge in [-0.05, 0) is 12.1 Å². The molecule has 4 N–H and O–H groups in total. The molecule has 1 aliphatic rings. The standard InChI is InChI=1S/C17H24O7S/c1-10-12(19)8-17(16(22)23-2,25-11-6-4-3-5-7-11)24-15(10)14(21)13(20)9-18/h3-7,10,12-15,18-21H,8-9H2,1-2H3/t10-,12-,13-,14-,15?,17+/m1/s1. The van der Waals surface area contributed by atoms with Crippen LogP contribution in [-0.2, 0) is 14.3 Å². The van der Waals surface area contributed by atoms with Gasteiger partial charge in [-0.2, -0.15) is 0 Å². The van der Waals surface area contributed by atoms with Crippen LogP contribution in [0.5, 0.6) is 0 Å². The van der Waals surface area contributed by atoms with Crippen LogP contribution in [-0.4, -0.2) is 69.5 Å². The molecule has 1 aliphatic heterocycles. The van der Waals surface area contributed by atoms with Gasteiger partial charge in [0.25, 0.3) is 0 Å². The topological polar surface area (TPSA) is 116 Å². The fourth-order valence-corrected chi connectivity index (χ4v) is 4.09. The molecule has 8 heteroatoms. The van der Waals surface area contributed by atoms with Crippen molar-refractivity contribution >= 4 is 17.7 Å². The zero-order valence-corrected chi connectivity index (χ0v) is 14.9. The maximum Gasteiger partial charge on any atom is 0.349 e. The van der Waals surface area contributed by atoms with Crippen LogP contribution in [0.25, 0.3) is 0 Å². The van der Waals surface area contributed by atoms with E-state index in [0.29, 0.717) is 0 Å². The summed E-state index contributed by atoms with van der Waals surface area (Å²) in [6.07, 6.45) is -4.96. The van der Waals surface area contributed by atoms with Gasteiger partial charge in [0.15, 0.2) is 0 Å². The molecule has 0 aromatic heterocycles. The molecular formula is C17H24O7S. The molecule has 7 nitrogen and oxygen atoms in total. The van der Waals surface area contributed by atoms with Crippen molar-refractivity contribution in [2.24, 2.45) is 5.92 Å². The Kier molecular flexibility index (Phi) is 6.84. The molecule has 1 unspecified atom stereocenters. The van der Waals surface area contributed by atoms with E-state index in [4.69, 9.17) is 14.6 Å². The maximum absolute atomic E-state index is 12.5. The monoisotopic (exact) mass is 372 g/mol. The van der Waals surface area contributed by atoms with E-state index in [2.05, 4.69) is 0 Å². The molecule has 1 fully saturated rings. The average Bonchev–Trinajstić information content (AvgIpc) is 2.63. The molecule has 1 heterocycles. The van der Waals surface area contributed by atoms with Gasteiger partial charge < -0.3 is 29.9 Å². The highest BCUT2D eigenvalue weighted by molar-refractivity contribution is 8.01. The van der Waals surface area contributed by atoms with Gasteiger partial charge in [-0.1, -0.05) is 36.9 Å². The Labute approximate surface area is 150 Å². The third-order valence-corrected chi connectivity index (χ3v) is 5.64. The molecule has 1 aromatic rings. The van der Waals surface area contributed by atoms with Gasteiger partial charge in [0.1, 0.15) is 12.2 Å². The molecule has 0 saturated carbocycles. The first-order valence-electron chi connectivity index (χ1n) is 8.00. The molecule has 0 aliphatic carbocycles. The van der Waals surface area contributed by atoms with Crippen LogP contribution in [0.2, 0.25) is 0 Å². The minimum Gasteiger partial charge on any atom is -0.466 e. The Morgan fingerprint density at radius 3 is 2.60 bits per heavy atom. The highest BCUT2D eigenvalue weighted by Gasteiger charge is 2.54. The van der Waals surface area contributed by atoms with Crippen molar-refractivity contribution in [3.63, 3.8) is 0 Å². The zero-order chi connectivity index (χ0) is 18.6. The van der Waals surface area contributed by atoms with Crippen molar-refractivity contribution in [2.45, 2.75) is 47.6 Å². The number of benzene rings is 1. The Balaban J connectivity index is 2.36. The molecule has 1 aromatic carbocycles. The number of carbonyl (C=O) groups is 1. The molecule has 25 heavy (non-hydrogen) atoms. The number of aliphatic hydroxyl groups is 4. The number of thioether (sulfide) groups is 1. The van der Waals surface area contributed by atoms with Gasteiger partial charge in [0.05, 0.1) is 25.9 Å². The van der Waals surface area contributed by atoms with E-state index >= 15 is 0 Å². The third kappa shape index (κ3) is 4.33. The fourth-order valence-electron chi connectivity index (χ4n) is 2.84. The Morgan fingerprint density at radius 2 is 2.04 bits per heavy atom. The van der Waals surface area contributed by atoms with E-state index in [9.17, 15) is 20.1 Å². The first-order valence-corrected chi connectivity index (χ1v) is 8.81. The van der Waals surface area contributed by atoms with E-state index in [1.165, 1.54) is 7.11 Å². The van der Waals surface area contributed by atoms with Gasteiger partial charge in [-0.15, -0.1) is 0 Å². The number of ether oxygens (including phenoxy) is 2. The smallest absolute Gasteiger partial charge is 0.349 e. The van der Waals surface area contributed by atoms with Crippen molar-refractivity contribution in [3.05, 3.63) is 30.3 Å². The van der Waals surface area contributed by atoms with Gasteiger partial charge in [0, 0.05) is 17.2 Å². The Hall–Kier alpha value is -1.16. The SMILES string of the molecule is COC(=O)[C@@]1(Sc2ccccc2)C[C@@H](O)[C@@H](C)C([C@H](O)[C@H](O)CO)O1. The predicted octanol–water partition coefficient (Wildman–Crippen LogP) is 0.148. The van der Waals surface area contributed by atoms with Crippen LogP contribution in [0, 0.1) is 5.92 Å². The predicted molar refractivity (Wildman–Crippen MR) is 90.8 cm³/mol. The van der Waals surface area contributed by atoms with Crippen LogP contribution in [0.3, 0.4) is 0 Å². The van der Waals surface area contributed by atoms with Crippen LogP contribution in [0.4, 0.5) is 0 Å². The molecule has 0 spiro atoms. The Bertz CT molecular complexity index is 569. The molecule has 0 radical (unpaired) electrons. The lowest BCUT2D eigenvalue weighted by molar-refractivity contribution is -0.214. The summed E-state index contributed by atoms with van der Waals surface area (Å²) in [5, 5.41) is 39.6. The summed E-state index contributed by atoms with van der Waals surface area (Å²) in [5.74, 6) is -1.24. The van der Waals surface area contributed by atoms with E-state index in [0.717, 1.165) is 16.7 Å². The second kappa shape index (κ2) is 8.48. The lowest BCUT2D eigenvalue weighted by atomic mass is 9.85. The molecule has 0 bridgehead atoms. The van der Waals surface area contributed by atoms with Crippen LogP contribution < -0.4 is 0 Å². The second-order valence-electron chi connectivity index (χ2n) is 6.11. The number of carbonyl (C=O) groups excluding carboxylic acids is 1. The molecule has 140 valence electrons. The van der Waals surface area contributed by atoms with Gasteiger partial charge in [0.2, 0.25) is 4.93 Å². The van der Waals surface area contributed by atoms with E-state index < -0.39 is 47.8 Å². The molecular weight excluding hydrogens is 348 g/mol. The molecule has 0 amide bonds. The van der Waals surface area contributed by atoms with Crippen LogP contribution >= 0.6 is 11.8 Å². The quantitative estimate of drug-likeness (QED) is 0.522. The van der Waals surface area contributed by atoms with E-state index in [1.807, 2.05) is 6.07 Å². The summed E-state index contributed by atoms with van der Waals surface area (Å²) in [6, 6.07) is 9.01. The van der Waals surface area contributed by atoms with Crippen molar-refractivity contribution in [1.29, 1.82) is 0 Å². The third-order valence-electron chi connectivity index (χ3n) is 4.37. The van der Waals surface area contributed by atoms with Gasteiger partial charge >= 0.3 is 5.97 Å². The first kappa shape index (κ1) is 20.2. The minimum absolute atomic E-state index is 0.0289. The number of hydrogen-bond donors (Lipinski definition) is 4. The number of hydrogen-bond acceptors (Lipinski definition) is 8. The normalized spacial score (nSPS) is 32.0. The Morgan fingerprint density at radius 1 is 1.40 bits per heavy atom. The summed E-state index contributed by atoms with van der Waals surface area (Å²) >= 11 is 1.08. The number of esters is 1. The highest BCUT2D eigenvalue weighted by atomic mass is 32.2. The van der Waals surface area contributed by atoms with E-state index in [-0.39, 0.29) is 6.42 Å². The molecule has 2 rings (SSSR count). The summed E-state index contributed by atoms with van der Waals surface area (Å²) in [6.45, 7) is 0.984. The average molecular weight is 372 g/mol. The van der Waals surface area contributed by atoms with Crippen LogP contribution in [0.1, 0.15) is 13.3 Å². The first-order chi connectivity index (χ1) is 11.8. The largest absolute Gasteiger partial charge is 0.466 e. The lowest BCUT2D eigenvalue weighted by Gasteiger charge is -2.46. The minimum atomic E-state index is -1.57. The van der Waals surface area contributed by atoms with Crippen molar-refractivity contribution in [2.75, 3.05) is 13.7 Å². The summed E-state index contributed by atoms with van der Waals surface area (Å²) < 4.78 is 10.8. The zero-order valence-electron chi connectivity index (χ0n) is 14.1. The van der Waals surface area contributed by atoms with Gasteiger partial charge in [-0.25, -0.2) is 4.79 Å². The number of rotatable bonds is 6. The van der Waals surface area contributed by atoms with Gasteiger partial charge in [-0.3, -0.25) is 0 Å². The summed E-state index contributed by atoms with van der Waals surface area (Å²) in [4.78, 5) is 11.6. The molecule has 1 saturated heterocycles. The maximum atomic E-state index is 12.5.